The van der Waals surface area contributed by atoms with Gasteiger partial charge in [-0.2, -0.15) is 0 Å². The lowest BCUT2D eigenvalue weighted by atomic mass is 9.77. The van der Waals surface area contributed by atoms with E-state index in [2.05, 4.69) is 65.3 Å². The van der Waals surface area contributed by atoms with Crippen LogP contribution in [0.3, 0.4) is 0 Å². The predicted molar refractivity (Wildman–Crippen MR) is 110 cm³/mol. The maximum absolute atomic E-state index is 13.1. The number of allylic oxidation sites excluding steroid dienone is 3. The number of amides is 1. The van der Waals surface area contributed by atoms with E-state index in [4.69, 9.17) is 0 Å². The molecule has 1 amide bonds. The molecule has 2 heterocycles. The van der Waals surface area contributed by atoms with E-state index in [-0.39, 0.29) is 5.92 Å². The second-order valence-electron chi connectivity index (χ2n) is 8.31. The summed E-state index contributed by atoms with van der Waals surface area (Å²) in [6.45, 7) is 5.53. The van der Waals surface area contributed by atoms with Crippen LogP contribution in [0.2, 0.25) is 0 Å². The van der Waals surface area contributed by atoms with Crippen molar-refractivity contribution in [2.75, 3.05) is 19.6 Å². The normalized spacial score (nSPS) is 28.8. The van der Waals surface area contributed by atoms with Gasteiger partial charge < -0.3 is 9.80 Å². The van der Waals surface area contributed by atoms with Crippen molar-refractivity contribution < 1.29 is 4.79 Å². The Morgan fingerprint density at radius 1 is 1.15 bits per heavy atom. The first-order valence-electron chi connectivity index (χ1n) is 10.7. The second-order valence-corrected chi connectivity index (χ2v) is 8.31. The Balaban J connectivity index is 1.45. The minimum Gasteiger partial charge on any atom is -0.309 e. The number of benzene rings is 1. The fourth-order valence-electron chi connectivity index (χ4n) is 5.07. The average molecular weight is 365 g/mol. The lowest BCUT2D eigenvalue weighted by molar-refractivity contribution is -0.144. The summed E-state index contributed by atoms with van der Waals surface area (Å²) in [5.41, 5.74) is 2.58. The minimum absolute atomic E-state index is 0.191. The molecular formula is C24H32N2O. The quantitative estimate of drug-likeness (QED) is 0.772. The average Bonchev–Trinajstić information content (AvgIpc) is 2.73. The smallest absolute Gasteiger partial charge is 0.230 e. The Morgan fingerprint density at radius 2 is 2.00 bits per heavy atom. The molecule has 3 aliphatic rings. The molecule has 144 valence electrons. The third kappa shape index (κ3) is 4.03. The van der Waals surface area contributed by atoms with Crippen LogP contribution < -0.4 is 0 Å². The van der Waals surface area contributed by atoms with Crippen molar-refractivity contribution in [1.82, 2.24) is 9.80 Å². The molecule has 3 atom stereocenters. The SMILES string of the molecule is CCC1CC2CN(CCc3ccccc3)CCC2N(C2=CCCC=C2)C1=O. The molecule has 0 aromatic heterocycles. The number of hydrogen-bond donors (Lipinski definition) is 0. The Bertz CT molecular complexity index is 708. The molecule has 1 aromatic rings. The van der Waals surface area contributed by atoms with Gasteiger partial charge in [0.25, 0.3) is 0 Å². The molecule has 3 unspecified atom stereocenters. The van der Waals surface area contributed by atoms with Crippen molar-refractivity contribution in [2.45, 2.75) is 51.5 Å². The first-order chi connectivity index (χ1) is 13.3. The Hall–Kier alpha value is -1.87. The predicted octanol–water partition coefficient (Wildman–Crippen LogP) is 4.41. The summed E-state index contributed by atoms with van der Waals surface area (Å²) in [6, 6.07) is 11.2. The molecule has 1 aromatic carbocycles. The topological polar surface area (TPSA) is 23.6 Å². The molecule has 0 spiro atoms. The maximum Gasteiger partial charge on any atom is 0.230 e. The number of carbonyl (C=O) groups is 1. The lowest BCUT2D eigenvalue weighted by Crippen LogP contribution is -2.58. The van der Waals surface area contributed by atoms with Gasteiger partial charge in [-0.3, -0.25) is 4.79 Å². The van der Waals surface area contributed by atoms with Gasteiger partial charge in [0.1, 0.15) is 0 Å². The fraction of sp³-hybridized carbons (Fsp3) is 0.542. The van der Waals surface area contributed by atoms with E-state index >= 15 is 0 Å². The van der Waals surface area contributed by atoms with E-state index < -0.39 is 0 Å². The van der Waals surface area contributed by atoms with E-state index in [0.717, 1.165) is 63.9 Å². The molecule has 2 saturated heterocycles. The fourth-order valence-corrected chi connectivity index (χ4v) is 5.07. The molecule has 2 fully saturated rings. The van der Waals surface area contributed by atoms with Gasteiger partial charge in [-0.05, 0) is 56.1 Å². The summed E-state index contributed by atoms with van der Waals surface area (Å²) in [6.07, 6.45) is 13.1. The molecule has 3 nitrogen and oxygen atoms in total. The summed E-state index contributed by atoms with van der Waals surface area (Å²) < 4.78 is 0. The van der Waals surface area contributed by atoms with E-state index in [1.54, 1.807) is 0 Å². The van der Waals surface area contributed by atoms with Gasteiger partial charge in [-0.25, -0.2) is 0 Å². The zero-order valence-corrected chi connectivity index (χ0v) is 16.5. The third-order valence-corrected chi connectivity index (χ3v) is 6.59. The molecule has 0 N–H and O–H groups in total. The van der Waals surface area contributed by atoms with Gasteiger partial charge in [-0.1, -0.05) is 49.4 Å². The van der Waals surface area contributed by atoms with E-state index in [1.807, 2.05) is 0 Å². The Morgan fingerprint density at radius 3 is 2.74 bits per heavy atom. The summed E-state index contributed by atoms with van der Waals surface area (Å²) in [5.74, 6) is 1.17. The van der Waals surface area contributed by atoms with Crippen LogP contribution in [0, 0.1) is 11.8 Å². The highest BCUT2D eigenvalue weighted by atomic mass is 16.2. The van der Waals surface area contributed by atoms with Crippen molar-refractivity contribution in [3.63, 3.8) is 0 Å². The molecule has 4 rings (SSSR count). The van der Waals surface area contributed by atoms with Crippen LogP contribution in [0.5, 0.6) is 0 Å². The summed E-state index contributed by atoms with van der Waals surface area (Å²) >= 11 is 0. The van der Waals surface area contributed by atoms with Crippen LogP contribution in [-0.2, 0) is 11.2 Å². The molecule has 0 saturated carbocycles. The van der Waals surface area contributed by atoms with Crippen LogP contribution >= 0.6 is 0 Å². The number of carbonyl (C=O) groups excluding carboxylic acids is 1. The number of piperidine rings is 2. The van der Waals surface area contributed by atoms with Crippen molar-refractivity contribution in [3.8, 4) is 0 Å². The van der Waals surface area contributed by atoms with Gasteiger partial charge in [0.05, 0.1) is 0 Å². The third-order valence-electron chi connectivity index (χ3n) is 6.59. The maximum atomic E-state index is 13.1. The van der Waals surface area contributed by atoms with E-state index in [1.165, 1.54) is 5.56 Å². The van der Waals surface area contributed by atoms with Crippen LogP contribution in [0.1, 0.15) is 44.6 Å². The first kappa shape index (κ1) is 18.5. The zero-order valence-electron chi connectivity index (χ0n) is 16.5. The number of likely N-dealkylation sites (tertiary alicyclic amines) is 2. The van der Waals surface area contributed by atoms with E-state index in [9.17, 15) is 4.79 Å². The van der Waals surface area contributed by atoms with E-state index in [0.29, 0.717) is 17.9 Å². The summed E-state index contributed by atoms with van der Waals surface area (Å²) in [5, 5.41) is 0. The highest BCUT2D eigenvalue weighted by molar-refractivity contribution is 5.82. The number of fused-ring (bicyclic) bond motifs is 1. The number of hydrogen-bond acceptors (Lipinski definition) is 2. The minimum atomic E-state index is 0.191. The van der Waals surface area contributed by atoms with Crippen LogP contribution in [0.15, 0.2) is 54.3 Å². The molecule has 2 aliphatic heterocycles. The molecule has 1 aliphatic carbocycles. The second kappa shape index (κ2) is 8.43. The Labute approximate surface area is 163 Å². The largest absolute Gasteiger partial charge is 0.309 e. The first-order valence-corrected chi connectivity index (χ1v) is 10.7. The number of rotatable bonds is 5. The highest BCUT2D eigenvalue weighted by Crippen LogP contribution is 2.38. The Kier molecular flexibility index (Phi) is 5.77. The molecule has 0 bridgehead atoms. The molecule has 27 heavy (non-hydrogen) atoms. The van der Waals surface area contributed by atoms with Gasteiger partial charge in [0.15, 0.2) is 0 Å². The summed E-state index contributed by atoms with van der Waals surface area (Å²) in [7, 11) is 0. The molecular weight excluding hydrogens is 332 g/mol. The lowest BCUT2D eigenvalue weighted by Gasteiger charge is -2.49. The van der Waals surface area contributed by atoms with Gasteiger partial charge in [-0.15, -0.1) is 0 Å². The highest BCUT2D eigenvalue weighted by Gasteiger charge is 2.44. The van der Waals surface area contributed by atoms with Gasteiger partial charge in [0, 0.05) is 37.3 Å². The van der Waals surface area contributed by atoms with Crippen LogP contribution in [0.4, 0.5) is 0 Å². The zero-order chi connectivity index (χ0) is 18.6. The van der Waals surface area contributed by atoms with Crippen LogP contribution in [-0.4, -0.2) is 41.4 Å². The molecule has 0 radical (unpaired) electrons. The van der Waals surface area contributed by atoms with Crippen molar-refractivity contribution in [3.05, 3.63) is 59.8 Å². The van der Waals surface area contributed by atoms with Crippen molar-refractivity contribution >= 4 is 5.91 Å². The monoisotopic (exact) mass is 364 g/mol. The van der Waals surface area contributed by atoms with Crippen LogP contribution in [0.25, 0.3) is 0 Å². The standard InChI is InChI=1S/C24H32N2O/c1-2-20-17-21-18-25(15-13-19-9-5-3-6-10-19)16-14-23(21)26(24(20)27)22-11-7-4-8-12-22/h3,5-7,9-12,20-21,23H,2,4,8,13-18H2,1H3. The van der Waals surface area contributed by atoms with Gasteiger partial charge >= 0.3 is 0 Å². The van der Waals surface area contributed by atoms with Gasteiger partial charge in [0.2, 0.25) is 5.91 Å². The van der Waals surface area contributed by atoms with Crippen molar-refractivity contribution in [2.24, 2.45) is 11.8 Å². The molecule has 3 heteroatoms. The number of nitrogens with zero attached hydrogens (tertiary/aromatic N) is 2. The van der Waals surface area contributed by atoms with Crippen molar-refractivity contribution in [1.29, 1.82) is 0 Å². The summed E-state index contributed by atoms with van der Waals surface area (Å²) in [4.78, 5) is 18.0.